The van der Waals surface area contributed by atoms with Crippen LogP contribution in [0, 0.1) is 0 Å². The first-order valence-electron chi connectivity index (χ1n) is 7.33. The second kappa shape index (κ2) is 7.43. The van der Waals surface area contributed by atoms with Crippen molar-refractivity contribution in [3.05, 3.63) is 0 Å². The minimum Gasteiger partial charge on any atom is -0.299 e. The number of hydrogen-bond acceptors (Lipinski definition) is 0. The van der Waals surface area contributed by atoms with Gasteiger partial charge in [0.15, 0.2) is 0 Å². The number of hydrogen-bond donors (Lipinski definition) is 0. The normalized spacial score (nSPS) is 27.6. The van der Waals surface area contributed by atoms with Crippen molar-refractivity contribution in [1.82, 2.24) is 0 Å². The van der Waals surface area contributed by atoms with Gasteiger partial charge in [-0.2, -0.15) is 0 Å². The van der Waals surface area contributed by atoms with Crippen LogP contribution in [0.15, 0.2) is 0 Å². The molecular weight excluding hydrogens is 228 g/mol. The molecule has 4 heteroatoms. The van der Waals surface area contributed by atoms with E-state index in [1.165, 1.54) is 11.3 Å². The van der Waals surface area contributed by atoms with Crippen LogP contribution in [0.25, 0.3) is 0 Å². The van der Waals surface area contributed by atoms with Gasteiger partial charge in [0.2, 0.25) is 6.72 Å². The average molecular weight is 258 g/mol. The van der Waals surface area contributed by atoms with Crippen molar-refractivity contribution < 1.29 is 0 Å². The van der Waals surface area contributed by atoms with Crippen LogP contribution in [0.3, 0.4) is 0 Å². The summed E-state index contributed by atoms with van der Waals surface area (Å²) < 4.78 is 0. The van der Waals surface area contributed by atoms with Crippen LogP contribution in [-0.2, 0) is 0 Å². The Morgan fingerprint density at radius 3 is 2.06 bits per heavy atom. The average Bonchev–Trinajstić information content (AvgIpc) is 2.38. The highest BCUT2D eigenvalue weighted by Gasteiger charge is 2.22. The van der Waals surface area contributed by atoms with E-state index in [4.69, 9.17) is 0 Å². The largest absolute Gasteiger partial charge is 0.299 e. The third kappa shape index (κ3) is 4.34. The lowest BCUT2D eigenvalue weighted by Crippen LogP contribution is -2.14. The third-order valence-corrected chi connectivity index (χ3v) is 10.1. The van der Waals surface area contributed by atoms with Crippen molar-refractivity contribution in [1.29, 1.82) is 0 Å². The van der Waals surface area contributed by atoms with Gasteiger partial charge in [-0.15, -0.1) is 8.46 Å². The van der Waals surface area contributed by atoms with Crippen LogP contribution in [-0.4, -0.2) is 25.6 Å². The van der Waals surface area contributed by atoms with Gasteiger partial charge < -0.3 is 0 Å². The Labute approximate surface area is 106 Å². The summed E-state index contributed by atoms with van der Waals surface area (Å²) in [6.07, 6.45) is 16.2. The van der Waals surface area contributed by atoms with E-state index in [0.717, 1.165) is 16.0 Å². The van der Waals surface area contributed by atoms with Gasteiger partial charge in [-0.25, -0.2) is 0 Å². The molecule has 0 aromatic carbocycles. The smallest absolute Gasteiger partial charge is 0.247 e. The molecule has 0 heterocycles. The van der Waals surface area contributed by atoms with Gasteiger partial charge in [0.1, 0.15) is 0 Å². The minimum atomic E-state index is 0.423. The second-order valence-electron chi connectivity index (χ2n) is 5.64. The third-order valence-electron chi connectivity index (χ3n) is 4.47. The monoisotopic (exact) mass is 258 g/mol. The summed E-state index contributed by atoms with van der Waals surface area (Å²) in [6.45, 7) is 0.670. The first-order chi connectivity index (χ1) is 7.86. The zero-order chi connectivity index (χ0) is 11.2. The Bertz CT molecular complexity index is 189. The first-order valence-corrected chi connectivity index (χ1v) is 10.7. The molecule has 2 rings (SSSR count). The van der Waals surface area contributed by atoms with Crippen molar-refractivity contribution in [3.63, 3.8) is 0 Å². The fourth-order valence-corrected chi connectivity index (χ4v) is 10.1. The molecule has 0 amide bonds. The predicted molar refractivity (Wildman–Crippen MR) is 90.3 cm³/mol. The fourth-order valence-electron chi connectivity index (χ4n) is 3.43. The Hall–Kier alpha value is 0.990. The Morgan fingerprint density at radius 2 is 1.44 bits per heavy atom. The van der Waals surface area contributed by atoms with Gasteiger partial charge in [-0.05, 0) is 57.0 Å². The van der Waals surface area contributed by atoms with E-state index in [2.05, 4.69) is 0 Å². The van der Waals surface area contributed by atoms with E-state index in [1.807, 2.05) is 0 Å². The molecule has 0 aromatic rings. The Morgan fingerprint density at radius 1 is 0.875 bits per heavy atom. The predicted octanol–water partition coefficient (Wildman–Crippen LogP) is 2.56. The summed E-state index contributed by atoms with van der Waals surface area (Å²) in [7, 11) is 2.22. The van der Waals surface area contributed by atoms with E-state index in [9.17, 15) is 0 Å². The maximum Gasteiger partial charge on any atom is 0.247 e. The molecule has 2 aliphatic rings. The van der Waals surface area contributed by atoms with E-state index < -0.39 is 0 Å². The summed E-state index contributed by atoms with van der Waals surface area (Å²) in [5, 5.41) is 0. The quantitative estimate of drug-likeness (QED) is 0.537. The molecule has 0 aliphatic heterocycles. The zero-order valence-electron chi connectivity index (χ0n) is 10.3. The molecule has 2 aliphatic carbocycles. The van der Waals surface area contributed by atoms with E-state index in [1.54, 1.807) is 64.2 Å². The van der Waals surface area contributed by atoms with Gasteiger partial charge >= 0.3 is 0 Å². The second-order valence-corrected chi connectivity index (χ2v) is 11.0. The molecule has 0 nitrogen and oxygen atoms in total. The molecule has 16 heavy (non-hydrogen) atoms. The SMILES string of the molecule is [BH3-][PH+]([BH2-][PH2+]C1CCCCC1)C1CCCCC1. The standard InChI is InChI=1S/C12H30B2P2/c13-16(12-9-5-2-6-10-12)14-15-11-7-3-1-4-8-11/h11-12,16H,1-10,14-15H2,13H3. The molecular formula is C12H30B2P2. The molecule has 2 unspecified atom stereocenters. The number of rotatable bonds is 4. The van der Waals surface area contributed by atoms with Crippen LogP contribution in [0.5, 0.6) is 0 Å². The summed E-state index contributed by atoms with van der Waals surface area (Å²) >= 11 is 0. The molecule has 0 radical (unpaired) electrons. The summed E-state index contributed by atoms with van der Waals surface area (Å²) in [6, 6.07) is 0. The van der Waals surface area contributed by atoms with Gasteiger partial charge in [-0.1, -0.05) is 12.8 Å². The molecule has 94 valence electrons. The molecule has 0 N–H and O–H groups in total. The van der Waals surface area contributed by atoms with E-state index >= 15 is 0 Å². The summed E-state index contributed by atoms with van der Waals surface area (Å²) in [4.78, 5) is 0. The molecule has 0 aromatic heterocycles. The molecule has 0 spiro atoms. The van der Waals surface area contributed by atoms with Gasteiger partial charge in [-0.3, -0.25) is 7.68 Å². The van der Waals surface area contributed by atoms with E-state index in [-0.39, 0.29) is 0 Å². The zero-order valence-corrected chi connectivity index (χ0v) is 12.5. The molecule has 2 atom stereocenters. The Kier molecular flexibility index (Phi) is 6.23. The van der Waals surface area contributed by atoms with Crippen molar-refractivity contribution >= 4 is 30.4 Å². The van der Waals surface area contributed by atoms with Crippen molar-refractivity contribution in [2.24, 2.45) is 0 Å². The van der Waals surface area contributed by atoms with Crippen LogP contribution < -0.4 is 0 Å². The molecule has 0 bridgehead atoms. The lowest BCUT2D eigenvalue weighted by molar-refractivity contribution is 0.514. The maximum atomic E-state index is 1.69. The first kappa shape index (κ1) is 13.4. The summed E-state index contributed by atoms with van der Waals surface area (Å²) in [5.74, 6) is 0. The minimum absolute atomic E-state index is 0.423. The van der Waals surface area contributed by atoms with Gasteiger partial charge in [0.05, 0.1) is 7.57 Å². The lowest BCUT2D eigenvalue weighted by Gasteiger charge is -2.30. The Balaban J connectivity index is 1.63. The van der Waals surface area contributed by atoms with Crippen LogP contribution in [0.1, 0.15) is 64.2 Å². The summed E-state index contributed by atoms with van der Waals surface area (Å²) in [5.41, 5.74) is 2.67. The molecule has 0 saturated heterocycles. The van der Waals surface area contributed by atoms with Gasteiger partial charge in [0, 0.05) is 5.66 Å². The van der Waals surface area contributed by atoms with E-state index in [0.29, 0.717) is 14.4 Å². The van der Waals surface area contributed by atoms with Crippen molar-refractivity contribution in [2.75, 3.05) is 0 Å². The highest BCUT2D eigenvalue weighted by atomic mass is 31.2. The van der Waals surface area contributed by atoms with Crippen molar-refractivity contribution in [2.45, 2.75) is 75.5 Å². The van der Waals surface area contributed by atoms with Gasteiger partial charge in [0.25, 0.3) is 0 Å². The lowest BCUT2D eigenvalue weighted by atomic mass is 10.0. The van der Waals surface area contributed by atoms with Crippen LogP contribution in [0.2, 0.25) is 0 Å². The molecule has 2 saturated carbocycles. The maximum absolute atomic E-state index is 1.69. The topological polar surface area (TPSA) is 0 Å². The molecule has 2 fully saturated rings. The highest BCUT2D eigenvalue weighted by Crippen LogP contribution is 2.48. The highest BCUT2D eigenvalue weighted by molar-refractivity contribution is 8.19. The van der Waals surface area contributed by atoms with Crippen molar-refractivity contribution in [3.8, 4) is 0 Å². The van der Waals surface area contributed by atoms with Crippen LogP contribution in [0.4, 0.5) is 0 Å². The van der Waals surface area contributed by atoms with Crippen LogP contribution >= 0.6 is 16.1 Å². The fraction of sp³-hybridized carbons (Fsp3) is 1.00.